The number of allylic oxidation sites excluding steroid dienone is 1. The van der Waals surface area contributed by atoms with E-state index in [-0.39, 0.29) is 23.4 Å². The van der Waals surface area contributed by atoms with Crippen LogP contribution < -0.4 is 5.32 Å². The molecule has 11 heteroatoms. The predicted molar refractivity (Wildman–Crippen MR) is 165 cm³/mol. The Hall–Kier alpha value is -4.27. The van der Waals surface area contributed by atoms with Gasteiger partial charge in [0.05, 0.1) is 28.1 Å². The van der Waals surface area contributed by atoms with Crippen molar-refractivity contribution in [1.82, 2.24) is 24.2 Å². The number of aliphatic hydroxyl groups excluding tert-OH is 1. The van der Waals surface area contributed by atoms with Gasteiger partial charge in [-0.25, -0.2) is 9.67 Å². The number of carbonyl (C=O) groups excluding carboxylic acids is 2. The number of amides is 2. The molecule has 2 fully saturated rings. The second-order valence-corrected chi connectivity index (χ2v) is 12.9. The average molecular weight is 598 g/mol. The molecule has 4 heterocycles. The van der Waals surface area contributed by atoms with Crippen molar-refractivity contribution in [2.75, 3.05) is 11.9 Å². The number of imidazole rings is 1. The number of fused-ring (bicyclic) bond motifs is 1. The summed E-state index contributed by atoms with van der Waals surface area (Å²) in [7, 11) is 0. The fraction of sp³-hybridized carbons (Fsp3) is 0.406. The molecule has 1 aliphatic carbocycles. The van der Waals surface area contributed by atoms with Crippen LogP contribution in [0.5, 0.6) is 0 Å². The topological polar surface area (TPSA) is 129 Å². The molecule has 0 radical (unpaired) electrons. The zero-order valence-corrected chi connectivity index (χ0v) is 25.1. The number of carbonyl (C=O) groups is 2. The number of thiophene rings is 1. The first-order valence-corrected chi connectivity index (χ1v) is 15.6. The number of benzene rings is 1. The monoisotopic (exact) mass is 597 g/mol. The Morgan fingerprint density at radius 3 is 2.79 bits per heavy atom. The van der Waals surface area contributed by atoms with Gasteiger partial charge >= 0.3 is 0 Å². The predicted octanol–water partition coefficient (Wildman–Crippen LogP) is 5.47. The quantitative estimate of drug-likeness (QED) is 0.184. The molecule has 4 aromatic rings. The molecule has 43 heavy (non-hydrogen) atoms. The Kier molecular flexibility index (Phi) is 8.15. The SMILES string of the molecule is CC(C)CC(O)c1ccc2c(c1)nc(NC(=O)c1ccc(-n3cccn3)s1)n2CC1CCCN1C(=O)C(C#N)=CC1CC1. The fourth-order valence-corrected chi connectivity index (χ4v) is 6.51. The van der Waals surface area contributed by atoms with Crippen molar-refractivity contribution < 1.29 is 14.7 Å². The molecule has 1 saturated heterocycles. The molecule has 2 aliphatic rings. The van der Waals surface area contributed by atoms with Gasteiger partial charge in [-0.15, -0.1) is 11.3 Å². The average Bonchev–Trinajstić information content (AvgIpc) is 3.44. The molecule has 1 aliphatic heterocycles. The van der Waals surface area contributed by atoms with E-state index in [0.29, 0.717) is 47.7 Å². The maximum atomic E-state index is 13.4. The molecule has 222 valence electrons. The number of hydrogen-bond donors (Lipinski definition) is 2. The minimum Gasteiger partial charge on any atom is -0.388 e. The summed E-state index contributed by atoms with van der Waals surface area (Å²) >= 11 is 1.32. The molecule has 0 spiro atoms. The zero-order valence-electron chi connectivity index (χ0n) is 24.3. The lowest BCUT2D eigenvalue weighted by Gasteiger charge is -2.26. The Morgan fingerprint density at radius 2 is 2.07 bits per heavy atom. The summed E-state index contributed by atoms with van der Waals surface area (Å²) in [6.45, 7) is 5.13. The third-order valence-corrected chi connectivity index (χ3v) is 9.10. The number of aliphatic hydroxyl groups is 1. The number of likely N-dealkylation sites (tertiary alicyclic amines) is 1. The van der Waals surface area contributed by atoms with Gasteiger partial charge in [-0.1, -0.05) is 26.0 Å². The molecule has 2 amide bonds. The second-order valence-electron chi connectivity index (χ2n) is 11.8. The highest BCUT2D eigenvalue weighted by Gasteiger charge is 2.33. The first-order chi connectivity index (χ1) is 20.8. The molecule has 6 rings (SSSR count). The van der Waals surface area contributed by atoms with Gasteiger partial charge in [0.1, 0.15) is 16.6 Å². The van der Waals surface area contributed by atoms with E-state index in [4.69, 9.17) is 4.98 Å². The third-order valence-electron chi connectivity index (χ3n) is 8.03. The first kappa shape index (κ1) is 28.8. The van der Waals surface area contributed by atoms with Gasteiger partial charge in [0.2, 0.25) is 5.95 Å². The van der Waals surface area contributed by atoms with Gasteiger partial charge in [-0.05, 0) is 79.8 Å². The van der Waals surface area contributed by atoms with E-state index in [0.717, 1.165) is 41.8 Å². The summed E-state index contributed by atoms with van der Waals surface area (Å²) in [4.78, 5) is 34.0. The Morgan fingerprint density at radius 1 is 1.23 bits per heavy atom. The number of aromatic nitrogens is 4. The van der Waals surface area contributed by atoms with Crippen molar-refractivity contribution in [3.05, 3.63) is 70.9 Å². The number of hydrogen-bond acceptors (Lipinski definition) is 7. The highest BCUT2D eigenvalue weighted by Crippen LogP contribution is 2.33. The van der Waals surface area contributed by atoms with Crippen molar-refractivity contribution in [2.45, 2.75) is 64.6 Å². The van der Waals surface area contributed by atoms with E-state index in [1.165, 1.54) is 11.3 Å². The molecule has 1 aromatic carbocycles. The van der Waals surface area contributed by atoms with Gasteiger partial charge in [0.15, 0.2) is 0 Å². The normalized spacial score (nSPS) is 17.9. The Labute approximate surface area is 254 Å². The third kappa shape index (κ3) is 6.26. The summed E-state index contributed by atoms with van der Waals surface area (Å²) in [5.41, 5.74) is 2.44. The van der Waals surface area contributed by atoms with Crippen molar-refractivity contribution in [3.8, 4) is 11.1 Å². The largest absolute Gasteiger partial charge is 0.388 e. The van der Waals surface area contributed by atoms with E-state index < -0.39 is 6.10 Å². The van der Waals surface area contributed by atoms with E-state index in [1.807, 2.05) is 47.2 Å². The summed E-state index contributed by atoms with van der Waals surface area (Å²) in [5.74, 6) is 0.506. The lowest BCUT2D eigenvalue weighted by molar-refractivity contribution is -0.127. The van der Waals surface area contributed by atoms with Crippen LogP contribution in [-0.2, 0) is 11.3 Å². The molecular weight excluding hydrogens is 562 g/mol. The number of nitriles is 1. The maximum Gasteiger partial charge on any atom is 0.268 e. The molecule has 2 atom stereocenters. The first-order valence-electron chi connectivity index (χ1n) is 14.8. The van der Waals surface area contributed by atoms with Crippen LogP contribution in [0.25, 0.3) is 16.0 Å². The van der Waals surface area contributed by atoms with E-state index in [9.17, 15) is 20.0 Å². The van der Waals surface area contributed by atoms with Crippen molar-refractivity contribution in [1.29, 1.82) is 5.26 Å². The molecule has 0 bridgehead atoms. The van der Waals surface area contributed by atoms with E-state index >= 15 is 0 Å². The fourth-order valence-electron chi connectivity index (χ4n) is 5.67. The standard InChI is InChI=1S/C32H35N7O3S/c1-20(2)15-27(40)22-8-9-26-25(17-22)35-32(36-30(41)28-10-11-29(43-28)39-14-4-12-34-39)38(26)19-24-5-3-13-37(24)31(42)23(18-33)16-21-6-7-21/h4,8-12,14,16-17,20-21,24,27,40H,3,5-7,13,15,19H2,1-2H3,(H,35,36,41). The number of nitrogens with one attached hydrogen (secondary N) is 1. The van der Waals surface area contributed by atoms with Crippen LogP contribution in [0, 0.1) is 23.2 Å². The van der Waals surface area contributed by atoms with Crippen molar-refractivity contribution in [3.63, 3.8) is 0 Å². The summed E-state index contributed by atoms with van der Waals surface area (Å²) in [5, 5.41) is 28.6. The van der Waals surface area contributed by atoms with E-state index in [1.54, 1.807) is 21.8 Å². The Bertz CT molecular complexity index is 1710. The van der Waals surface area contributed by atoms with Crippen molar-refractivity contribution >= 4 is 40.1 Å². The number of anilines is 1. The van der Waals surface area contributed by atoms with Crippen LogP contribution >= 0.6 is 11.3 Å². The highest BCUT2D eigenvalue weighted by molar-refractivity contribution is 7.16. The van der Waals surface area contributed by atoms with Gasteiger partial charge in [0, 0.05) is 25.5 Å². The summed E-state index contributed by atoms with van der Waals surface area (Å²) in [6, 6.07) is 13.1. The lowest BCUT2D eigenvalue weighted by Crippen LogP contribution is -2.39. The molecular formula is C32H35N7O3S. The molecule has 1 saturated carbocycles. The van der Waals surface area contributed by atoms with E-state index in [2.05, 4.69) is 30.3 Å². The molecule has 10 nitrogen and oxygen atoms in total. The van der Waals surface area contributed by atoms with Crippen LogP contribution in [0.1, 0.15) is 67.3 Å². The second kappa shape index (κ2) is 12.1. The van der Waals surface area contributed by atoms with Crippen LogP contribution in [0.2, 0.25) is 0 Å². The summed E-state index contributed by atoms with van der Waals surface area (Å²) in [6.07, 6.45) is 9.00. The number of rotatable bonds is 10. The zero-order chi connectivity index (χ0) is 30.1. The lowest BCUT2D eigenvalue weighted by atomic mass is 9.99. The molecule has 2 unspecified atom stereocenters. The molecule has 2 N–H and O–H groups in total. The van der Waals surface area contributed by atoms with Gasteiger partial charge < -0.3 is 14.6 Å². The van der Waals surface area contributed by atoms with Gasteiger partial charge in [-0.3, -0.25) is 14.9 Å². The van der Waals surface area contributed by atoms with Crippen molar-refractivity contribution in [2.24, 2.45) is 11.8 Å². The smallest absolute Gasteiger partial charge is 0.268 e. The minimum atomic E-state index is -0.620. The van der Waals surface area contributed by atoms with Gasteiger partial charge in [0.25, 0.3) is 11.8 Å². The van der Waals surface area contributed by atoms with Crippen LogP contribution in [0.15, 0.2) is 60.4 Å². The maximum absolute atomic E-state index is 13.4. The highest BCUT2D eigenvalue weighted by atomic mass is 32.1. The van der Waals surface area contributed by atoms with Crippen LogP contribution in [0.3, 0.4) is 0 Å². The van der Waals surface area contributed by atoms with Crippen LogP contribution in [0.4, 0.5) is 5.95 Å². The minimum absolute atomic E-state index is 0.157. The van der Waals surface area contributed by atoms with Crippen LogP contribution in [-0.4, -0.2) is 53.7 Å². The van der Waals surface area contributed by atoms with Gasteiger partial charge in [-0.2, -0.15) is 10.4 Å². The summed E-state index contributed by atoms with van der Waals surface area (Å²) < 4.78 is 3.65. The Balaban J connectivity index is 1.31. The molecule has 3 aromatic heterocycles. The number of nitrogens with zero attached hydrogens (tertiary/aromatic N) is 6.